The Morgan fingerprint density at radius 2 is 1.39 bits per heavy atom. The highest BCUT2D eigenvalue weighted by Crippen LogP contribution is 2.37. The summed E-state index contributed by atoms with van der Waals surface area (Å²) in [6.07, 6.45) is -8.90. The van der Waals surface area contributed by atoms with Crippen LogP contribution in [0.5, 0.6) is 11.5 Å². The fourth-order valence-electron chi connectivity index (χ4n) is 2.88. The van der Waals surface area contributed by atoms with E-state index in [2.05, 4.69) is 10.3 Å². The fourth-order valence-corrected chi connectivity index (χ4v) is 2.88. The van der Waals surface area contributed by atoms with Crippen molar-refractivity contribution in [1.82, 2.24) is 10.3 Å². The number of rotatable bonds is 6. The molecule has 2 amide bonds. The summed E-state index contributed by atoms with van der Waals surface area (Å²) in [5, 5.41) is 4.17. The van der Waals surface area contributed by atoms with E-state index >= 15 is 0 Å². The normalized spacial score (nSPS) is 11.5. The van der Waals surface area contributed by atoms with Crippen LogP contribution in [-0.4, -0.2) is 29.6 Å². The van der Waals surface area contributed by atoms with Gasteiger partial charge in [-0.3, -0.25) is 19.4 Å². The topological polar surface area (TPSA) is 97.4 Å². The molecule has 0 radical (unpaired) electrons. The van der Waals surface area contributed by atoms with Crippen LogP contribution >= 0.6 is 0 Å². The van der Waals surface area contributed by atoms with E-state index in [0.29, 0.717) is 12.1 Å². The number of halogens is 6. The molecule has 188 valence electrons. The van der Waals surface area contributed by atoms with Crippen LogP contribution in [0.15, 0.2) is 60.8 Å². The van der Waals surface area contributed by atoms with E-state index in [-0.39, 0.29) is 28.8 Å². The molecule has 0 saturated carbocycles. The maximum Gasteiger partial charge on any atom is 0.416 e. The molecule has 36 heavy (non-hydrogen) atoms. The van der Waals surface area contributed by atoms with Crippen LogP contribution < -0.4 is 15.4 Å². The zero-order valence-corrected chi connectivity index (χ0v) is 18.1. The zero-order chi connectivity index (χ0) is 26.7. The van der Waals surface area contributed by atoms with Gasteiger partial charge in [-0.15, -0.1) is 0 Å². The van der Waals surface area contributed by atoms with E-state index in [1.54, 1.807) is 5.32 Å². The van der Waals surface area contributed by atoms with Gasteiger partial charge >= 0.3 is 12.4 Å². The van der Waals surface area contributed by atoms with Gasteiger partial charge in [-0.05, 0) is 48.5 Å². The second-order valence-electron chi connectivity index (χ2n) is 7.16. The number of hydrogen-bond acceptors (Lipinski definition) is 5. The summed E-state index contributed by atoms with van der Waals surface area (Å²) in [5.41, 5.74) is -4.25. The number of pyridine rings is 1. The molecule has 1 heterocycles. The van der Waals surface area contributed by atoms with Gasteiger partial charge in [0.1, 0.15) is 17.2 Å². The zero-order valence-electron chi connectivity index (χ0n) is 18.1. The van der Waals surface area contributed by atoms with Gasteiger partial charge in [-0.25, -0.2) is 0 Å². The summed E-state index contributed by atoms with van der Waals surface area (Å²) in [7, 11) is 1.42. The first kappa shape index (κ1) is 26.2. The summed E-state index contributed by atoms with van der Waals surface area (Å²) >= 11 is 0. The van der Waals surface area contributed by atoms with Crippen LogP contribution in [0.4, 0.5) is 32.0 Å². The molecular formula is C23H15F6N3O4. The molecule has 7 nitrogen and oxygen atoms in total. The number of ketones is 1. The lowest BCUT2D eigenvalue weighted by molar-refractivity contribution is -0.143. The lowest BCUT2D eigenvalue weighted by Gasteiger charge is -2.14. The third kappa shape index (κ3) is 6.37. The van der Waals surface area contributed by atoms with Gasteiger partial charge in [0.25, 0.3) is 17.6 Å². The summed E-state index contributed by atoms with van der Waals surface area (Å²) in [4.78, 5) is 40.2. The van der Waals surface area contributed by atoms with E-state index in [4.69, 9.17) is 4.74 Å². The van der Waals surface area contributed by atoms with Crippen molar-refractivity contribution in [2.45, 2.75) is 12.4 Å². The molecule has 0 saturated heterocycles. The van der Waals surface area contributed by atoms with Crippen LogP contribution in [0.3, 0.4) is 0 Å². The minimum atomic E-state index is -5.11. The Labute approximate surface area is 199 Å². The van der Waals surface area contributed by atoms with Crippen LogP contribution in [0, 0.1) is 0 Å². The third-order valence-corrected chi connectivity index (χ3v) is 4.60. The summed E-state index contributed by atoms with van der Waals surface area (Å²) in [5.74, 6) is -2.66. The smallest absolute Gasteiger partial charge is 0.416 e. The predicted octanol–water partition coefficient (Wildman–Crippen LogP) is 5.09. The molecule has 0 aliphatic rings. The second-order valence-corrected chi connectivity index (χ2v) is 7.16. The summed E-state index contributed by atoms with van der Waals surface area (Å²) < 4.78 is 83.5. The van der Waals surface area contributed by atoms with Crippen LogP contribution in [-0.2, 0) is 17.1 Å². The number of amides is 2. The number of anilines is 1. The maximum atomic E-state index is 13.0. The molecule has 0 aliphatic heterocycles. The van der Waals surface area contributed by atoms with E-state index in [9.17, 15) is 40.7 Å². The molecule has 3 aromatic rings. The number of hydrogen-bond donors (Lipinski definition) is 2. The van der Waals surface area contributed by atoms with Gasteiger partial charge in [-0.1, -0.05) is 0 Å². The molecule has 0 atom stereocenters. The minimum Gasteiger partial charge on any atom is -0.457 e. The number of aromatic nitrogens is 1. The third-order valence-electron chi connectivity index (χ3n) is 4.60. The average molecular weight is 511 g/mol. The number of benzene rings is 2. The first-order valence-electron chi connectivity index (χ1n) is 9.89. The highest BCUT2D eigenvalue weighted by Gasteiger charge is 2.37. The van der Waals surface area contributed by atoms with Crippen LogP contribution in [0.2, 0.25) is 0 Å². The second kappa shape index (κ2) is 10.1. The maximum absolute atomic E-state index is 13.0. The Kier molecular flexibility index (Phi) is 7.32. The monoisotopic (exact) mass is 511 g/mol. The SMILES string of the molecule is CNC(=O)c1cc(Oc2ccc(C(=O)C(=O)Nc3cc(C(F)(F)F)cc(C(F)(F)F)c3)cc2)ccn1. The van der Waals surface area contributed by atoms with Gasteiger partial charge in [0, 0.05) is 30.6 Å². The van der Waals surface area contributed by atoms with E-state index in [0.717, 1.165) is 0 Å². The summed E-state index contributed by atoms with van der Waals surface area (Å²) in [6, 6.07) is 8.24. The average Bonchev–Trinajstić information content (AvgIpc) is 2.82. The Morgan fingerprint density at radius 3 is 1.92 bits per heavy atom. The summed E-state index contributed by atoms with van der Waals surface area (Å²) in [6.45, 7) is 0. The minimum absolute atomic E-state index is 0.0849. The van der Waals surface area contributed by atoms with Gasteiger partial charge < -0.3 is 15.4 Å². The van der Waals surface area contributed by atoms with Gasteiger partial charge in [0.15, 0.2) is 0 Å². The molecule has 1 aromatic heterocycles. The fraction of sp³-hybridized carbons (Fsp3) is 0.130. The van der Waals surface area contributed by atoms with Gasteiger partial charge in [-0.2, -0.15) is 26.3 Å². The van der Waals surface area contributed by atoms with Crippen molar-refractivity contribution in [1.29, 1.82) is 0 Å². The van der Waals surface area contributed by atoms with Crippen molar-refractivity contribution in [2.24, 2.45) is 0 Å². The van der Waals surface area contributed by atoms with Crippen molar-refractivity contribution >= 4 is 23.3 Å². The number of ether oxygens (including phenoxy) is 1. The molecule has 0 spiro atoms. The number of Topliss-reactive ketones (excluding diaryl/α,β-unsaturated/α-hetero) is 1. The molecule has 13 heteroatoms. The number of nitrogens with one attached hydrogen (secondary N) is 2. The molecule has 0 fully saturated rings. The largest absolute Gasteiger partial charge is 0.457 e. The molecule has 2 N–H and O–H groups in total. The molecule has 0 unspecified atom stereocenters. The highest BCUT2D eigenvalue weighted by atomic mass is 19.4. The lowest BCUT2D eigenvalue weighted by Crippen LogP contribution is -2.23. The van der Waals surface area contributed by atoms with E-state index in [1.807, 2.05) is 0 Å². The number of nitrogens with zero attached hydrogens (tertiary/aromatic N) is 1. The molecule has 0 bridgehead atoms. The number of carbonyl (C=O) groups is 3. The van der Waals surface area contributed by atoms with Gasteiger partial charge in [0.05, 0.1) is 11.1 Å². The van der Waals surface area contributed by atoms with Crippen molar-refractivity contribution in [3.63, 3.8) is 0 Å². The standard InChI is InChI=1S/C23H15F6N3O4/c1-30-20(34)18-11-17(6-7-31-18)36-16-4-2-12(3-5-16)19(33)21(35)32-15-9-13(22(24,25)26)8-14(10-15)23(27,28)29/h2-11H,1H3,(H,30,34)(H,32,35). The molecular weight excluding hydrogens is 496 g/mol. The Bertz CT molecular complexity index is 1270. The first-order valence-corrected chi connectivity index (χ1v) is 9.89. The van der Waals surface area contributed by atoms with Crippen molar-refractivity contribution in [3.8, 4) is 11.5 Å². The molecule has 2 aromatic carbocycles. The van der Waals surface area contributed by atoms with E-state index in [1.165, 1.54) is 49.6 Å². The highest BCUT2D eigenvalue weighted by molar-refractivity contribution is 6.46. The van der Waals surface area contributed by atoms with Crippen molar-refractivity contribution < 1.29 is 45.5 Å². The Balaban J connectivity index is 1.75. The molecule has 0 aliphatic carbocycles. The quantitative estimate of drug-likeness (QED) is 0.273. The first-order chi connectivity index (χ1) is 16.8. The number of alkyl halides is 6. The van der Waals surface area contributed by atoms with Gasteiger partial charge in [0.2, 0.25) is 0 Å². The van der Waals surface area contributed by atoms with Crippen LogP contribution in [0.25, 0.3) is 0 Å². The Hall–Kier alpha value is -4.42. The van der Waals surface area contributed by atoms with Crippen molar-refractivity contribution in [2.75, 3.05) is 12.4 Å². The molecule has 3 rings (SSSR count). The Morgan fingerprint density at radius 1 is 0.806 bits per heavy atom. The lowest BCUT2D eigenvalue weighted by atomic mass is 10.1. The van der Waals surface area contributed by atoms with E-state index < -0.39 is 46.8 Å². The van der Waals surface area contributed by atoms with Crippen molar-refractivity contribution in [3.05, 3.63) is 83.2 Å². The van der Waals surface area contributed by atoms with Crippen LogP contribution in [0.1, 0.15) is 32.0 Å². The predicted molar refractivity (Wildman–Crippen MR) is 114 cm³/mol. The number of carbonyl (C=O) groups excluding carboxylic acids is 3.